The van der Waals surface area contributed by atoms with Gasteiger partial charge >= 0.3 is 0 Å². The molecule has 3 aliphatic rings. The number of allylic oxidation sites excluding steroid dienone is 1. The second kappa shape index (κ2) is 8.99. The number of rotatable bonds is 7. The minimum Gasteiger partial charge on any atom is -0.457 e. The van der Waals surface area contributed by atoms with Gasteiger partial charge < -0.3 is 10.1 Å². The Morgan fingerprint density at radius 2 is 1.90 bits per heavy atom. The third kappa shape index (κ3) is 3.78. The molecule has 0 spiro atoms. The van der Waals surface area contributed by atoms with Gasteiger partial charge in [-0.15, -0.1) is 0 Å². The summed E-state index contributed by atoms with van der Waals surface area (Å²) in [5.41, 5.74) is 4.88. The molecule has 8 rings (SSSR count). The number of ketones is 1. The standard InChI is InChI=1S/C32H31N7O2/c1-3-28(40)32-15-20-11-21(13-22(16-32)26(32)12-20)25-7-9-39-30(25)31(34-18-36-39)37-23-4-5-27(19(2)10-23)41-24-6-8-38-29(14-24)33-17-35-38/h3-10,14,17-18,20-22,26H,1,11-13,15-16H2,2H3,(H,34,36,37)/t20-,21+,22-,26?,32?/m1/s1. The van der Waals surface area contributed by atoms with Gasteiger partial charge in [-0.25, -0.2) is 19.0 Å². The first-order valence-electron chi connectivity index (χ1n) is 14.3. The summed E-state index contributed by atoms with van der Waals surface area (Å²) >= 11 is 0. The van der Waals surface area contributed by atoms with Crippen LogP contribution < -0.4 is 10.1 Å². The van der Waals surface area contributed by atoms with Gasteiger partial charge in [0.05, 0.1) is 0 Å². The fourth-order valence-corrected chi connectivity index (χ4v) is 8.16. The molecule has 0 amide bonds. The van der Waals surface area contributed by atoms with Crippen molar-refractivity contribution in [3.63, 3.8) is 0 Å². The van der Waals surface area contributed by atoms with E-state index in [1.54, 1.807) is 16.9 Å². The van der Waals surface area contributed by atoms with Crippen LogP contribution in [0.5, 0.6) is 11.5 Å². The number of pyridine rings is 1. The van der Waals surface area contributed by atoms with Crippen molar-refractivity contribution in [1.82, 2.24) is 29.2 Å². The SMILES string of the molecule is C=CC(=O)C12C[C@H]3CC1[C@H](C[C@@H](c1ccn4ncnc(Nc5ccc(Oc6ccn7ncnc7c6)c(C)c5)c14)C3)C2. The quantitative estimate of drug-likeness (QED) is 0.240. The molecule has 3 aliphatic carbocycles. The van der Waals surface area contributed by atoms with E-state index >= 15 is 0 Å². The summed E-state index contributed by atoms with van der Waals surface area (Å²) in [7, 11) is 0. The van der Waals surface area contributed by atoms with Crippen LogP contribution in [0.1, 0.15) is 49.1 Å². The predicted octanol–water partition coefficient (Wildman–Crippen LogP) is 6.28. The number of anilines is 2. The molecule has 9 nitrogen and oxygen atoms in total. The zero-order valence-electron chi connectivity index (χ0n) is 22.9. The highest BCUT2D eigenvalue weighted by molar-refractivity contribution is 5.95. The molecule has 2 bridgehead atoms. The number of nitrogens with zero attached hydrogens (tertiary/aromatic N) is 6. The lowest BCUT2D eigenvalue weighted by Crippen LogP contribution is -2.49. The van der Waals surface area contributed by atoms with Crippen LogP contribution in [0.2, 0.25) is 0 Å². The summed E-state index contributed by atoms with van der Waals surface area (Å²) in [4.78, 5) is 21.7. The number of fused-ring (bicyclic) bond motifs is 3. The Balaban J connectivity index is 1.05. The molecule has 1 aromatic carbocycles. The highest BCUT2D eigenvalue weighted by atomic mass is 16.5. The molecular weight excluding hydrogens is 514 g/mol. The van der Waals surface area contributed by atoms with Crippen molar-refractivity contribution < 1.29 is 9.53 Å². The molecular formula is C32H31N7O2. The van der Waals surface area contributed by atoms with E-state index in [1.807, 2.05) is 48.1 Å². The number of benzene rings is 1. The van der Waals surface area contributed by atoms with E-state index in [4.69, 9.17) is 4.74 Å². The number of nitrogens with one attached hydrogen (secondary N) is 1. The second-order valence-corrected chi connectivity index (χ2v) is 12.1. The summed E-state index contributed by atoms with van der Waals surface area (Å²) < 4.78 is 9.80. The first-order valence-corrected chi connectivity index (χ1v) is 14.3. The van der Waals surface area contributed by atoms with Gasteiger partial charge in [0.15, 0.2) is 17.2 Å². The first kappa shape index (κ1) is 24.3. The Bertz CT molecular complexity index is 1840. The molecule has 4 aromatic heterocycles. The van der Waals surface area contributed by atoms with Gasteiger partial charge in [-0.05, 0) is 110 Å². The second-order valence-electron chi connectivity index (χ2n) is 12.1. The van der Waals surface area contributed by atoms with Crippen molar-refractivity contribution >= 4 is 28.5 Å². The molecule has 2 unspecified atom stereocenters. The van der Waals surface area contributed by atoms with E-state index in [0.717, 1.165) is 59.7 Å². The number of aromatic nitrogens is 6. The Hall–Kier alpha value is -4.53. The normalized spacial score (nSPS) is 26.5. The van der Waals surface area contributed by atoms with E-state index < -0.39 is 0 Å². The molecule has 1 N–H and O–H groups in total. The van der Waals surface area contributed by atoms with Crippen LogP contribution >= 0.6 is 0 Å². The fraction of sp³-hybridized carbons (Fsp3) is 0.344. The number of ether oxygens (including phenoxy) is 1. The van der Waals surface area contributed by atoms with Crippen LogP contribution in [0, 0.1) is 30.1 Å². The number of hydrogen-bond acceptors (Lipinski definition) is 7. The third-order valence-electron chi connectivity index (χ3n) is 9.87. The highest BCUT2D eigenvalue weighted by Crippen LogP contribution is 2.68. The first-order chi connectivity index (χ1) is 20.0. The summed E-state index contributed by atoms with van der Waals surface area (Å²) in [6.45, 7) is 5.83. The van der Waals surface area contributed by atoms with Gasteiger partial charge in [-0.3, -0.25) is 4.79 Å². The minimum absolute atomic E-state index is 0.113. The van der Waals surface area contributed by atoms with Crippen LogP contribution in [-0.4, -0.2) is 35.0 Å². The summed E-state index contributed by atoms with van der Waals surface area (Å²) in [6.07, 6.45) is 14.0. The van der Waals surface area contributed by atoms with Gasteiger partial charge in [0, 0.05) is 29.6 Å². The number of carbonyl (C=O) groups is 1. The summed E-state index contributed by atoms with van der Waals surface area (Å²) in [6, 6.07) is 12.0. The van der Waals surface area contributed by atoms with Gasteiger partial charge in [0.1, 0.15) is 29.7 Å². The lowest BCUT2D eigenvalue weighted by Gasteiger charge is -2.51. The maximum atomic E-state index is 12.7. The Morgan fingerprint density at radius 3 is 2.78 bits per heavy atom. The van der Waals surface area contributed by atoms with E-state index in [1.165, 1.54) is 18.3 Å². The van der Waals surface area contributed by atoms with Crippen LogP contribution in [0.4, 0.5) is 11.5 Å². The van der Waals surface area contributed by atoms with Crippen molar-refractivity contribution in [2.45, 2.75) is 44.9 Å². The zero-order chi connectivity index (χ0) is 27.7. The molecule has 5 atom stereocenters. The molecule has 0 saturated heterocycles. The molecule has 4 heterocycles. The summed E-state index contributed by atoms with van der Waals surface area (Å²) in [5, 5.41) is 12.2. The average Bonchev–Trinajstić information content (AvgIpc) is 3.65. The monoisotopic (exact) mass is 545 g/mol. The highest BCUT2D eigenvalue weighted by Gasteiger charge is 2.63. The summed E-state index contributed by atoms with van der Waals surface area (Å²) in [5.74, 6) is 4.69. The molecule has 9 heteroatoms. The fourth-order valence-electron chi connectivity index (χ4n) is 8.16. The van der Waals surface area contributed by atoms with Gasteiger partial charge in [0.25, 0.3) is 0 Å². The minimum atomic E-state index is -0.113. The van der Waals surface area contributed by atoms with E-state index in [-0.39, 0.29) is 11.2 Å². The molecule has 41 heavy (non-hydrogen) atoms. The van der Waals surface area contributed by atoms with E-state index in [2.05, 4.69) is 44.2 Å². The number of carbonyl (C=O) groups excluding carboxylic acids is 1. The molecule has 3 fully saturated rings. The van der Waals surface area contributed by atoms with E-state index in [9.17, 15) is 4.79 Å². The van der Waals surface area contributed by atoms with Crippen molar-refractivity contribution in [2.24, 2.45) is 23.2 Å². The van der Waals surface area contributed by atoms with Crippen LogP contribution in [0.25, 0.3) is 11.2 Å². The molecule has 206 valence electrons. The Labute approximate surface area is 237 Å². The smallest absolute Gasteiger partial charge is 0.161 e. The zero-order valence-corrected chi connectivity index (χ0v) is 22.9. The van der Waals surface area contributed by atoms with Crippen LogP contribution in [0.15, 0.2) is 74.1 Å². The van der Waals surface area contributed by atoms with Gasteiger partial charge in [0.2, 0.25) is 0 Å². The molecule has 3 saturated carbocycles. The van der Waals surface area contributed by atoms with Gasteiger partial charge in [-0.1, -0.05) is 6.58 Å². The molecule has 0 radical (unpaired) electrons. The topological polar surface area (TPSA) is 98.7 Å². The number of hydrogen-bond donors (Lipinski definition) is 1. The Morgan fingerprint density at radius 1 is 1.05 bits per heavy atom. The van der Waals surface area contributed by atoms with Crippen molar-refractivity contribution in [3.8, 4) is 11.5 Å². The van der Waals surface area contributed by atoms with Crippen LogP contribution in [0.3, 0.4) is 0 Å². The Kier molecular flexibility index (Phi) is 5.32. The van der Waals surface area contributed by atoms with E-state index in [0.29, 0.717) is 29.4 Å². The molecule has 5 aromatic rings. The van der Waals surface area contributed by atoms with Crippen molar-refractivity contribution in [1.29, 1.82) is 0 Å². The predicted molar refractivity (Wildman–Crippen MR) is 154 cm³/mol. The van der Waals surface area contributed by atoms with Gasteiger partial charge in [-0.2, -0.15) is 10.2 Å². The lowest BCUT2D eigenvalue weighted by molar-refractivity contribution is -0.138. The lowest BCUT2D eigenvalue weighted by atomic mass is 9.51. The molecule has 0 aliphatic heterocycles. The third-order valence-corrected chi connectivity index (χ3v) is 9.87. The average molecular weight is 546 g/mol. The maximum absolute atomic E-state index is 12.7. The van der Waals surface area contributed by atoms with Crippen molar-refractivity contribution in [3.05, 3.63) is 85.2 Å². The number of aryl methyl sites for hydroxylation is 1. The van der Waals surface area contributed by atoms with Crippen LogP contribution in [-0.2, 0) is 4.79 Å². The van der Waals surface area contributed by atoms with Crippen molar-refractivity contribution in [2.75, 3.05) is 5.32 Å². The maximum Gasteiger partial charge on any atom is 0.161 e. The largest absolute Gasteiger partial charge is 0.457 e.